The number of thiazole rings is 1. The van der Waals surface area contributed by atoms with Crippen LogP contribution in [-0.4, -0.2) is 63.6 Å². The zero-order chi connectivity index (χ0) is 20.3. The molecule has 2 fully saturated rings. The normalized spacial score (nSPS) is 19.4. The Hall–Kier alpha value is -2.38. The molecule has 0 radical (unpaired) electrons. The fourth-order valence-corrected chi connectivity index (χ4v) is 5.33. The Morgan fingerprint density at radius 3 is 2.63 bits per heavy atom. The Balaban J connectivity index is 1.09. The minimum atomic E-state index is 0.227. The molecular formula is C23H28N4O2S. The van der Waals surface area contributed by atoms with E-state index in [4.69, 9.17) is 4.74 Å². The average Bonchev–Trinajstić information content (AvgIpc) is 3.45. The highest BCUT2D eigenvalue weighted by molar-refractivity contribution is 7.11. The van der Waals surface area contributed by atoms with Crippen molar-refractivity contribution in [1.82, 2.24) is 19.4 Å². The van der Waals surface area contributed by atoms with E-state index >= 15 is 0 Å². The summed E-state index contributed by atoms with van der Waals surface area (Å²) in [4.78, 5) is 21.7. The molecule has 0 bridgehead atoms. The molecule has 0 atom stereocenters. The zero-order valence-corrected chi connectivity index (χ0v) is 18.0. The summed E-state index contributed by atoms with van der Waals surface area (Å²) < 4.78 is 8.05. The number of rotatable bonds is 5. The fraction of sp³-hybridized carbons (Fsp3) is 0.478. The summed E-state index contributed by atoms with van der Waals surface area (Å²) in [5.41, 5.74) is 1.13. The van der Waals surface area contributed by atoms with E-state index in [1.165, 1.54) is 5.39 Å². The first-order valence-corrected chi connectivity index (χ1v) is 11.8. The number of aromatic nitrogens is 2. The maximum atomic E-state index is 12.9. The number of amides is 1. The summed E-state index contributed by atoms with van der Waals surface area (Å²) in [5.74, 6) is 0.227. The monoisotopic (exact) mass is 424 g/mol. The molecule has 2 aromatic heterocycles. The second-order valence-electron chi connectivity index (χ2n) is 8.27. The van der Waals surface area contributed by atoms with Crippen LogP contribution in [0.1, 0.15) is 25.7 Å². The molecule has 0 N–H and O–H groups in total. The van der Waals surface area contributed by atoms with Crippen molar-refractivity contribution in [1.29, 1.82) is 0 Å². The molecule has 0 unspecified atom stereocenters. The van der Waals surface area contributed by atoms with Crippen LogP contribution >= 0.6 is 11.3 Å². The number of hydrogen-bond donors (Lipinski definition) is 0. The first kappa shape index (κ1) is 19.6. The lowest BCUT2D eigenvalue weighted by Gasteiger charge is -2.41. The maximum absolute atomic E-state index is 12.9. The molecule has 6 nitrogen and oxygen atoms in total. The van der Waals surface area contributed by atoms with Crippen LogP contribution in [0, 0.1) is 0 Å². The van der Waals surface area contributed by atoms with Crippen molar-refractivity contribution in [2.24, 2.45) is 0 Å². The van der Waals surface area contributed by atoms with Crippen molar-refractivity contribution >= 4 is 28.1 Å². The number of hydrogen-bond acceptors (Lipinski definition) is 5. The molecule has 0 spiro atoms. The van der Waals surface area contributed by atoms with Crippen LogP contribution in [-0.2, 0) is 11.3 Å². The van der Waals surface area contributed by atoms with Gasteiger partial charge in [0.15, 0.2) is 0 Å². The van der Waals surface area contributed by atoms with Gasteiger partial charge in [-0.15, -0.1) is 0 Å². The second kappa shape index (κ2) is 8.78. The van der Waals surface area contributed by atoms with Gasteiger partial charge in [-0.25, -0.2) is 4.98 Å². The van der Waals surface area contributed by atoms with E-state index in [1.54, 1.807) is 17.5 Å². The predicted octanol–water partition coefficient (Wildman–Crippen LogP) is 3.63. The van der Waals surface area contributed by atoms with Gasteiger partial charge in [-0.1, -0.05) is 29.5 Å². The third kappa shape index (κ3) is 4.23. The van der Waals surface area contributed by atoms with Crippen LogP contribution in [0.5, 0.6) is 5.19 Å². The summed E-state index contributed by atoms with van der Waals surface area (Å²) in [7, 11) is 0. The van der Waals surface area contributed by atoms with Gasteiger partial charge in [0, 0.05) is 55.5 Å². The largest absolute Gasteiger partial charge is 0.467 e. The number of fused-ring (bicyclic) bond motifs is 1. The quantitative estimate of drug-likeness (QED) is 0.628. The van der Waals surface area contributed by atoms with Crippen molar-refractivity contribution in [3.63, 3.8) is 0 Å². The fourth-order valence-electron chi connectivity index (χ4n) is 4.77. The number of nitrogens with zero attached hydrogens (tertiary/aromatic N) is 4. The third-order valence-electron chi connectivity index (χ3n) is 6.47. The van der Waals surface area contributed by atoms with E-state index in [2.05, 4.69) is 32.7 Å². The number of likely N-dealkylation sites (tertiary alicyclic amines) is 2. The molecule has 5 rings (SSSR count). The predicted molar refractivity (Wildman–Crippen MR) is 119 cm³/mol. The molecule has 7 heteroatoms. The third-order valence-corrected chi connectivity index (χ3v) is 7.13. The lowest BCUT2D eigenvalue weighted by atomic mass is 9.99. The van der Waals surface area contributed by atoms with E-state index in [0.29, 0.717) is 12.6 Å². The molecule has 30 heavy (non-hydrogen) atoms. The number of benzene rings is 1. The summed E-state index contributed by atoms with van der Waals surface area (Å²) in [6, 6.07) is 10.9. The number of ether oxygens (including phenoxy) is 1. The number of para-hydroxylation sites is 1. The topological polar surface area (TPSA) is 50.6 Å². The number of piperidine rings is 2. The van der Waals surface area contributed by atoms with Crippen molar-refractivity contribution in [3.8, 4) is 5.19 Å². The van der Waals surface area contributed by atoms with Crippen molar-refractivity contribution in [2.75, 3.05) is 26.2 Å². The molecule has 0 saturated carbocycles. The van der Waals surface area contributed by atoms with Crippen molar-refractivity contribution < 1.29 is 9.53 Å². The highest BCUT2D eigenvalue weighted by atomic mass is 32.1. The van der Waals surface area contributed by atoms with Gasteiger partial charge in [0.25, 0.3) is 5.19 Å². The summed E-state index contributed by atoms with van der Waals surface area (Å²) in [6.07, 6.45) is 8.34. The molecule has 2 saturated heterocycles. The van der Waals surface area contributed by atoms with E-state index in [0.717, 1.165) is 62.6 Å². The van der Waals surface area contributed by atoms with Crippen LogP contribution in [0.3, 0.4) is 0 Å². The van der Waals surface area contributed by atoms with Gasteiger partial charge in [-0.05, 0) is 43.2 Å². The van der Waals surface area contributed by atoms with Gasteiger partial charge in [0.05, 0.1) is 0 Å². The second-order valence-corrected chi connectivity index (χ2v) is 9.12. The molecule has 0 aliphatic carbocycles. The minimum Gasteiger partial charge on any atom is -0.467 e. The van der Waals surface area contributed by atoms with Gasteiger partial charge < -0.3 is 14.2 Å². The molecule has 2 aliphatic heterocycles. The van der Waals surface area contributed by atoms with Crippen LogP contribution in [0.25, 0.3) is 10.9 Å². The summed E-state index contributed by atoms with van der Waals surface area (Å²) >= 11 is 1.56. The number of carbonyl (C=O) groups is 1. The Morgan fingerprint density at radius 2 is 1.87 bits per heavy atom. The highest BCUT2D eigenvalue weighted by Gasteiger charge is 2.30. The standard InChI is InChI=1S/C23H28N4O2S/c28-22(17-27-11-5-18-3-1-2-4-21(18)27)26-12-6-19(7-13-26)25-14-8-20(9-15-25)29-23-24-10-16-30-23/h1-5,10-11,16,19-20H,6-9,12-15,17H2. The van der Waals surface area contributed by atoms with Gasteiger partial charge in [-0.3, -0.25) is 9.69 Å². The summed E-state index contributed by atoms with van der Waals surface area (Å²) in [6.45, 7) is 4.29. The lowest BCUT2D eigenvalue weighted by molar-refractivity contribution is -0.133. The number of carbonyl (C=O) groups excluding carboxylic acids is 1. The van der Waals surface area contributed by atoms with Gasteiger partial charge in [0.1, 0.15) is 12.6 Å². The Morgan fingerprint density at radius 1 is 1.07 bits per heavy atom. The van der Waals surface area contributed by atoms with Crippen LogP contribution in [0.2, 0.25) is 0 Å². The Bertz CT molecular complexity index is 970. The first-order chi connectivity index (χ1) is 14.8. The SMILES string of the molecule is O=C(Cn1ccc2ccccc21)N1CCC(N2CCC(Oc3nccs3)CC2)CC1. The van der Waals surface area contributed by atoms with Gasteiger partial charge >= 0.3 is 0 Å². The highest BCUT2D eigenvalue weighted by Crippen LogP contribution is 2.25. The Labute approximate surface area is 181 Å². The van der Waals surface area contributed by atoms with Crippen LogP contribution in [0.15, 0.2) is 48.1 Å². The lowest BCUT2D eigenvalue weighted by Crippen LogP contribution is -2.50. The molecule has 2 aliphatic rings. The van der Waals surface area contributed by atoms with Gasteiger partial charge in [0.2, 0.25) is 5.91 Å². The van der Waals surface area contributed by atoms with E-state index in [-0.39, 0.29) is 12.0 Å². The summed E-state index contributed by atoms with van der Waals surface area (Å²) in [5, 5.41) is 3.93. The maximum Gasteiger partial charge on any atom is 0.273 e. The Kier molecular flexibility index (Phi) is 5.73. The van der Waals surface area contributed by atoms with Crippen LogP contribution in [0.4, 0.5) is 0 Å². The van der Waals surface area contributed by atoms with Crippen LogP contribution < -0.4 is 4.74 Å². The van der Waals surface area contributed by atoms with E-state index in [9.17, 15) is 4.79 Å². The van der Waals surface area contributed by atoms with Gasteiger partial charge in [-0.2, -0.15) is 0 Å². The zero-order valence-electron chi connectivity index (χ0n) is 17.2. The molecule has 3 aromatic rings. The molecule has 4 heterocycles. The smallest absolute Gasteiger partial charge is 0.273 e. The van der Waals surface area contributed by atoms with Crippen molar-refractivity contribution in [3.05, 3.63) is 48.1 Å². The molecular weight excluding hydrogens is 396 g/mol. The first-order valence-electron chi connectivity index (χ1n) is 10.9. The average molecular weight is 425 g/mol. The minimum absolute atomic E-state index is 0.227. The molecule has 1 amide bonds. The molecule has 158 valence electrons. The van der Waals surface area contributed by atoms with E-state index in [1.807, 2.05) is 28.6 Å². The van der Waals surface area contributed by atoms with Crippen molar-refractivity contribution in [2.45, 2.75) is 44.4 Å². The van der Waals surface area contributed by atoms with E-state index < -0.39 is 0 Å². The molecule has 1 aromatic carbocycles.